The minimum absolute atomic E-state index is 0.443. The molecule has 0 atom stereocenters. The summed E-state index contributed by atoms with van der Waals surface area (Å²) in [7, 11) is 0. The Morgan fingerprint density at radius 3 is 2.19 bits per heavy atom. The minimum atomic E-state index is 0.443. The molecule has 2 aromatic heterocycles. The van der Waals surface area contributed by atoms with Gasteiger partial charge in [0.2, 0.25) is 0 Å². The molecule has 0 fully saturated rings. The molecule has 2 heterocycles. The molecule has 0 amide bonds. The van der Waals surface area contributed by atoms with Crippen LogP contribution < -0.4 is 0 Å². The van der Waals surface area contributed by atoms with Gasteiger partial charge in [0.05, 0.1) is 11.3 Å². The van der Waals surface area contributed by atoms with E-state index < -0.39 is 0 Å². The van der Waals surface area contributed by atoms with Crippen molar-refractivity contribution in [1.29, 1.82) is 0 Å². The minimum Gasteiger partial charge on any atom is -0.361 e. The van der Waals surface area contributed by atoms with Gasteiger partial charge in [-0.15, -0.1) is 0 Å². The fourth-order valence-electron chi connectivity index (χ4n) is 1.57. The van der Waals surface area contributed by atoms with Crippen molar-refractivity contribution in [3.05, 3.63) is 29.4 Å². The van der Waals surface area contributed by atoms with E-state index in [-0.39, 0.29) is 0 Å². The maximum absolute atomic E-state index is 5.10. The van der Waals surface area contributed by atoms with Crippen LogP contribution in [0.1, 0.15) is 36.8 Å². The van der Waals surface area contributed by atoms with Gasteiger partial charge in [-0.1, -0.05) is 19.0 Å². The monoisotopic (exact) mass is 217 g/mol. The van der Waals surface area contributed by atoms with Crippen LogP contribution >= 0.6 is 0 Å². The van der Waals surface area contributed by atoms with Crippen molar-refractivity contribution in [2.45, 2.75) is 33.6 Å². The second-order valence-corrected chi connectivity index (χ2v) is 4.19. The van der Waals surface area contributed by atoms with Crippen molar-refractivity contribution in [2.75, 3.05) is 0 Å². The fourth-order valence-corrected chi connectivity index (χ4v) is 1.57. The zero-order chi connectivity index (χ0) is 11.7. The van der Waals surface area contributed by atoms with Gasteiger partial charge in [-0.05, 0) is 25.3 Å². The van der Waals surface area contributed by atoms with E-state index in [2.05, 4.69) is 29.0 Å². The molecule has 0 aliphatic rings. The van der Waals surface area contributed by atoms with Crippen LogP contribution in [0.3, 0.4) is 0 Å². The first kappa shape index (κ1) is 10.8. The summed E-state index contributed by atoms with van der Waals surface area (Å²) >= 11 is 0. The van der Waals surface area contributed by atoms with Crippen LogP contribution in [0, 0.1) is 13.8 Å². The summed E-state index contributed by atoms with van der Waals surface area (Å²) in [6.07, 6.45) is 3.72. The Kier molecular flexibility index (Phi) is 2.73. The Bertz CT molecular complexity index is 466. The Hall–Kier alpha value is -1.71. The molecule has 0 radical (unpaired) electrons. The first-order valence-corrected chi connectivity index (χ1v) is 5.34. The number of rotatable bonds is 2. The second-order valence-electron chi connectivity index (χ2n) is 4.19. The predicted octanol–water partition coefficient (Wildman–Crippen LogP) is 2.87. The highest BCUT2D eigenvalue weighted by molar-refractivity contribution is 5.59. The molecular weight excluding hydrogens is 202 g/mol. The largest absolute Gasteiger partial charge is 0.361 e. The molecule has 0 saturated carbocycles. The lowest BCUT2D eigenvalue weighted by atomic mass is 10.1. The molecule has 0 saturated heterocycles. The molecular formula is C12H15N3O. The van der Waals surface area contributed by atoms with Crippen molar-refractivity contribution in [3.63, 3.8) is 0 Å². The quantitative estimate of drug-likeness (QED) is 0.776. The number of aromatic nitrogens is 3. The third kappa shape index (κ3) is 1.83. The normalized spacial score (nSPS) is 11.1. The SMILES string of the molecule is Cc1noc(C)c1-c1ncc(C(C)C)cn1. The highest BCUT2D eigenvalue weighted by atomic mass is 16.5. The molecule has 4 heteroatoms. The van der Waals surface area contributed by atoms with Gasteiger partial charge in [-0.3, -0.25) is 0 Å². The zero-order valence-electron chi connectivity index (χ0n) is 9.98. The zero-order valence-corrected chi connectivity index (χ0v) is 9.98. The van der Waals surface area contributed by atoms with Gasteiger partial charge in [0.15, 0.2) is 5.82 Å². The van der Waals surface area contributed by atoms with E-state index in [9.17, 15) is 0 Å². The lowest BCUT2D eigenvalue weighted by Crippen LogP contribution is -1.95. The number of hydrogen-bond acceptors (Lipinski definition) is 4. The molecule has 0 aliphatic heterocycles. The number of hydrogen-bond donors (Lipinski definition) is 0. The van der Waals surface area contributed by atoms with Crippen LogP contribution in [0.15, 0.2) is 16.9 Å². The van der Waals surface area contributed by atoms with E-state index in [1.165, 1.54) is 0 Å². The van der Waals surface area contributed by atoms with Crippen molar-refractivity contribution in [3.8, 4) is 11.4 Å². The molecule has 4 nitrogen and oxygen atoms in total. The van der Waals surface area contributed by atoms with Crippen LogP contribution in [0.25, 0.3) is 11.4 Å². The van der Waals surface area contributed by atoms with Crippen LogP contribution in [-0.4, -0.2) is 15.1 Å². The Balaban J connectivity index is 2.42. The first-order valence-electron chi connectivity index (χ1n) is 5.34. The van der Waals surface area contributed by atoms with Gasteiger partial charge in [0.1, 0.15) is 5.76 Å². The van der Waals surface area contributed by atoms with Crippen molar-refractivity contribution in [2.24, 2.45) is 0 Å². The second kappa shape index (κ2) is 4.04. The van der Waals surface area contributed by atoms with Crippen LogP contribution in [0.4, 0.5) is 0 Å². The lowest BCUT2D eigenvalue weighted by Gasteiger charge is -2.04. The maximum Gasteiger partial charge on any atom is 0.164 e. The van der Waals surface area contributed by atoms with Crippen LogP contribution in [0.5, 0.6) is 0 Å². The molecule has 2 aromatic rings. The van der Waals surface area contributed by atoms with E-state index in [0.29, 0.717) is 11.7 Å². The van der Waals surface area contributed by atoms with E-state index in [0.717, 1.165) is 22.6 Å². The summed E-state index contributed by atoms with van der Waals surface area (Å²) in [5.41, 5.74) is 2.86. The summed E-state index contributed by atoms with van der Waals surface area (Å²) in [5.74, 6) is 1.88. The van der Waals surface area contributed by atoms with Gasteiger partial charge in [0.25, 0.3) is 0 Å². The van der Waals surface area contributed by atoms with Gasteiger partial charge in [-0.2, -0.15) is 0 Å². The van der Waals surface area contributed by atoms with E-state index >= 15 is 0 Å². The third-order valence-electron chi connectivity index (χ3n) is 2.60. The fraction of sp³-hybridized carbons (Fsp3) is 0.417. The summed E-state index contributed by atoms with van der Waals surface area (Å²) < 4.78 is 5.10. The van der Waals surface area contributed by atoms with Gasteiger partial charge >= 0.3 is 0 Å². The van der Waals surface area contributed by atoms with Crippen molar-refractivity contribution >= 4 is 0 Å². The Morgan fingerprint density at radius 2 is 1.75 bits per heavy atom. The Labute approximate surface area is 94.7 Å². The molecule has 84 valence electrons. The standard InChI is InChI=1S/C12H15N3O/c1-7(2)10-5-13-12(14-6-10)11-8(3)15-16-9(11)4/h5-7H,1-4H3. The van der Waals surface area contributed by atoms with Crippen LogP contribution in [0.2, 0.25) is 0 Å². The summed E-state index contributed by atoms with van der Waals surface area (Å²) in [6.45, 7) is 8.00. The molecule has 0 spiro atoms. The summed E-state index contributed by atoms with van der Waals surface area (Å²) in [4.78, 5) is 8.71. The third-order valence-corrected chi connectivity index (χ3v) is 2.60. The average molecular weight is 217 g/mol. The van der Waals surface area contributed by atoms with E-state index in [1.54, 1.807) is 0 Å². The maximum atomic E-state index is 5.10. The molecule has 0 bridgehead atoms. The molecule has 0 N–H and O–H groups in total. The number of aryl methyl sites for hydroxylation is 2. The average Bonchev–Trinajstić information content (AvgIpc) is 2.59. The Morgan fingerprint density at radius 1 is 1.12 bits per heavy atom. The highest BCUT2D eigenvalue weighted by Gasteiger charge is 2.14. The summed E-state index contributed by atoms with van der Waals surface area (Å²) in [6, 6.07) is 0. The molecule has 16 heavy (non-hydrogen) atoms. The molecule has 0 aliphatic carbocycles. The van der Waals surface area contributed by atoms with Crippen molar-refractivity contribution in [1.82, 2.24) is 15.1 Å². The van der Waals surface area contributed by atoms with E-state index in [1.807, 2.05) is 26.2 Å². The first-order chi connectivity index (χ1) is 7.59. The topological polar surface area (TPSA) is 51.8 Å². The molecule has 2 rings (SSSR count). The van der Waals surface area contributed by atoms with Gasteiger partial charge in [-0.25, -0.2) is 9.97 Å². The molecule has 0 aromatic carbocycles. The number of nitrogens with zero attached hydrogens (tertiary/aromatic N) is 3. The summed E-state index contributed by atoms with van der Waals surface area (Å²) in [5, 5.41) is 3.90. The molecule has 0 unspecified atom stereocenters. The van der Waals surface area contributed by atoms with Crippen molar-refractivity contribution < 1.29 is 4.52 Å². The smallest absolute Gasteiger partial charge is 0.164 e. The highest BCUT2D eigenvalue weighted by Crippen LogP contribution is 2.23. The van der Waals surface area contributed by atoms with E-state index in [4.69, 9.17) is 4.52 Å². The van der Waals surface area contributed by atoms with Gasteiger partial charge < -0.3 is 4.52 Å². The lowest BCUT2D eigenvalue weighted by molar-refractivity contribution is 0.393. The predicted molar refractivity (Wildman–Crippen MR) is 61.1 cm³/mol. The van der Waals surface area contributed by atoms with Gasteiger partial charge in [0, 0.05) is 12.4 Å². The van der Waals surface area contributed by atoms with Crippen LogP contribution in [-0.2, 0) is 0 Å².